The maximum absolute atomic E-state index is 11.8. The molecule has 1 rings (SSSR count). The van der Waals surface area contributed by atoms with E-state index in [1.807, 2.05) is 0 Å². The average molecular weight is 279 g/mol. The summed E-state index contributed by atoms with van der Waals surface area (Å²) in [6.45, 7) is 8.63. The third kappa shape index (κ3) is 4.17. The molecule has 0 amide bonds. The molecular formula is C14H17NO5. The Morgan fingerprint density at radius 3 is 2.25 bits per heavy atom. The van der Waals surface area contributed by atoms with E-state index in [4.69, 9.17) is 4.74 Å². The van der Waals surface area contributed by atoms with E-state index in [0.29, 0.717) is 5.56 Å². The number of esters is 1. The molecule has 0 aliphatic carbocycles. The van der Waals surface area contributed by atoms with E-state index >= 15 is 0 Å². The van der Waals surface area contributed by atoms with Crippen LogP contribution in [-0.2, 0) is 9.53 Å². The fourth-order valence-corrected chi connectivity index (χ4v) is 1.43. The predicted molar refractivity (Wildman–Crippen MR) is 73.0 cm³/mol. The predicted octanol–water partition coefficient (Wildman–Crippen LogP) is 2.53. The number of nitro benzene ring substituents is 1. The van der Waals surface area contributed by atoms with Crippen molar-refractivity contribution in [1.29, 1.82) is 0 Å². The van der Waals surface area contributed by atoms with E-state index < -0.39 is 22.6 Å². The zero-order valence-corrected chi connectivity index (χ0v) is 11.6. The highest BCUT2D eigenvalue weighted by Gasteiger charge is 2.24. The molecule has 0 aromatic heterocycles. The van der Waals surface area contributed by atoms with Gasteiger partial charge in [0.15, 0.2) is 0 Å². The van der Waals surface area contributed by atoms with Crippen LogP contribution in [0.4, 0.5) is 5.69 Å². The lowest BCUT2D eigenvalue weighted by Gasteiger charge is -2.22. The number of aliphatic hydroxyl groups is 1. The first-order valence-electron chi connectivity index (χ1n) is 5.96. The molecule has 0 heterocycles. The van der Waals surface area contributed by atoms with Crippen molar-refractivity contribution in [2.45, 2.75) is 32.5 Å². The number of benzene rings is 1. The average Bonchev–Trinajstić information content (AvgIpc) is 2.35. The molecule has 0 radical (unpaired) electrons. The fourth-order valence-electron chi connectivity index (χ4n) is 1.43. The first kappa shape index (κ1) is 15.8. The van der Waals surface area contributed by atoms with Crippen molar-refractivity contribution in [1.82, 2.24) is 0 Å². The molecule has 0 spiro atoms. The van der Waals surface area contributed by atoms with Crippen LogP contribution in [0.5, 0.6) is 0 Å². The van der Waals surface area contributed by atoms with Crippen molar-refractivity contribution < 1.29 is 19.6 Å². The zero-order chi connectivity index (χ0) is 15.5. The molecule has 0 aliphatic heterocycles. The van der Waals surface area contributed by atoms with Crippen molar-refractivity contribution in [2.24, 2.45) is 0 Å². The zero-order valence-electron chi connectivity index (χ0n) is 11.6. The molecule has 1 atom stereocenters. The Morgan fingerprint density at radius 2 is 1.85 bits per heavy atom. The minimum atomic E-state index is -1.26. The van der Waals surface area contributed by atoms with Crippen molar-refractivity contribution in [3.05, 3.63) is 52.1 Å². The number of rotatable bonds is 4. The largest absolute Gasteiger partial charge is 0.457 e. The fraction of sp³-hybridized carbons (Fsp3) is 0.357. The highest BCUT2D eigenvalue weighted by molar-refractivity contribution is 5.89. The number of hydrogen-bond acceptors (Lipinski definition) is 5. The Hall–Kier alpha value is -2.21. The Morgan fingerprint density at radius 1 is 1.35 bits per heavy atom. The van der Waals surface area contributed by atoms with Crippen LogP contribution < -0.4 is 0 Å². The number of carbonyl (C=O) groups is 1. The quantitative estimate of drug-likeness (QED) is 0.396. The van der Waals surface area contributed by atoms with Crippen molar-refractivity contribution in [3.63, 3.8) is 0 Å². The number of ether oxygens (including phenoxy) is 1. The van der Waals surface area contributed by atoms with Crippen molar-refractivity contribution in [2.75, 3.05) is 0 Å². The lowest BCUT2D eigenvalue weighted by molar-refractivity contribution is -0.384. The number of nitrogens with zero attached hydrogens (tertiary/aromatic N) is 1. The van der Waals surface area contributed by atoms with Crippen LogP contribution in [0.3, 0.4) is 0 Å². The van der Waals surface area contributed by atoms with Gasteiger partial charge in [0, 0.05) is 12.1 Å². The van der Waals surface area contributed by atoms with Crippen LogP contribution in [0.1, 0.15) is 32.4 Å². The number of non-ortho nitro benzene ring substituents is 1. The normalized spacial score (nSPS) is 12.6. The summed E-state index contributed by atoms with van der Waals surface area (Å²) in [4.78, 5) is 21.7. The van der Waals surface area contributed by atoms with Gasteiger partial charge < -0.3 is 9.84 Å². The minimum absolute atomic E-state index is 0.0937. The lowest BCUT2D eigenvalue weighted by atomic mass is 10.0. The molecule has 1 aromatic rings. The van der Waals surface area contributed by atoms with Gasteiger partial charge in [-0.1, -0.05) is 6.58 Å². The van der Waals surface area contributed by atoms with E-state index in [-0.39, 0.29) is 11.3 Å². The molecule has 0 saturated heterocycles. The van der Waals surface area contributed by atoms with Gasteiger partial charge in [-0.3, -0.25) is 10.1 Å². The summed E-state index contributed by atoms with van der Waals surface area (Å²) in [5, 5.41) is 20.5. The van der Waals surface area contributed by atoms with Gasteiger partial charge in [-0.2, -0.15) is 0 Å². The van der Waals surface area contributed by atoms with E-state index in [0.717, 1.165) is 0 Å². The smallest absolute Gasteiger partial charge is 0.336 e. The molecular weight excluding hydrogens is 262 g/mol. The van der Waals surface area contributed by atoms with Gasteiger partial charge in [-0.15, -0.1) is 0 Å². The molecule has 6 nitrogen and oxygen atoms in total. The van der Waals surface area contributed by atoms with Gasteiger partial charge in [0.1, 0.15) is 11.7 Å². The lowest BCUT2D eigenvalue weighted by Crippen LogP contribution is -2.26. The van der Waals surface area contributed by atoms with E-state index in [2.05, 4.69) is 6.58 Å². The van der Waals surface area contributed by atoms with Gasteiger partial charge in [-0.05, 0) is 38.5 Å². The SMILES string of the molecule is C=C(C(=O)OC(C)(C)C)[C@H](O)c1ccc([N+](=O)[O-])cc1. The van der Waals surface area contributed by atoms with Gasteiger partial charge >= 0.3 is 5.97 Å². The number of aliphatic hydroxyl groups excluding tert-OH is 1. The summed E-state index contributed by atoms with van der Waals surface area (Å²) >= 11 is 0. The summed E-state index contributed by atoms with van der Waals surface area (Å²) < 4.78 is 5.10. The first-order chi connectivity index (χ1) is 9.11. The third-order valence-electron chi connectivity index (χ3n) is 2.41. The number of nitro groups is 1. The van der Waals surface area contributed by atoms with Crippen LogP contribution in [0.25, 0.3) is 0 Å². The second-order valence-electron chi connectivity index (χ2n) is 5.28. The molecule has 1 aromatic carbocycles. The van der Waals surface area contributed by atoms with Crippen LogP contribution in [0, 0.1) is 10.1 Å². The van der Waals surface area contributed by atoms with Crippen LogP contribution in [0.15, 0.2) is 36.4 Å². The second-order valence-corrected chi connectivity index (χ2v) is 5.28. The highest BCUT2D eigenvalue weighted by Crippen LogP contribution is 2.24. The molecule has 0 aliphatic rings. The topological polar surface area (TPSA) is 89.7 Å². The summed E-state index contributed by atoms with van der Waals surface area (Å²) in [6, 6.07) is 5.25. The summed E-state index contributed by atoms with van der Waals surface area (Å²) in [6.07, 6.45) is -1.26. The van der Waals surface area contributed by atoms with Gasteiger partial charge in [-0.25, -0.2) is 4.79 Å². The maximum Gasteiger partial charge on any atom is 0.336 e. The molecule has 1 N–H and O–H groups in total. The third-order valence-corrected chi connectivity index (χ3v) is 2.41. The van der Waals surface area contributed by atoms with Crippen LogP contribution >= 0.6 is 0 Å². The number of carbonyl (C=O) groups excluding carboxylic acids is 1. The van der Waals surface area contributed by atoms with Crippen molar-refractivity contribution >= 4 is 11.7 Å². The molecule has 0 unspecified atom stereocenters. The number of hydrogen-bond donors (Lipinski definition) is 1. The Bertz CT molecular complexity index is 527. The van der Waals surface area contributed by atoms with Crippen molar-refractivity contribution in [3.8, 4) is 0 Å². The molecule has 108 valence electrons. The van der Waals surface area contributed by atoms with Gasteiger partial charge in [0.25, 0.3) is 5.69 Å². The summed E-state index contributed by atoms with van der Waals surface area (Å²) in [5.74, 6) is -0.705. The molecule has 6 heteroatoms. The highest BCUT2D eigenvalue weighted by atomic mass is 16.6. The first-order valence-corrected chi connectivity index (χ1v) is 5.96. The standard InChI is InChI=1S/C14H17NO5/c1-9(13(17)20-14(2,3)4)12(16)10-5-7-11(8-6-10)15(18)19/h5-8,12,16H,1H2,2-4H3/t12-/m0/s1. The minimum Gasteiger partial charge on any atom is -0.457 e. The molecule has 20 heavy (non-hydrogen) atoms. The van der Waals surface area contributed by atoms with E-state index in [9.17, 15) is 20.0 Å². The maximum atomic E-state index is 11.8. The van der Waals surface area contributed by atoms with Gasteiger partial charge in [0.05, 0.1) is 10.5 Å². The van der Waals surface area contributed by atoms with Crippen LogP contribution in [-0.4, -0.2) is 21.6 Å². The van der Waals surface area contributed by atoms with E-state index in [1.165, 1.54) is 24.3 Å². The Balaban J connectivity index is 2.84. The second kappa shape index (κ2) is 5.83. The molecule has 0 fully saturated rings. The molecule has 0 saturated carbocycles. The Kier molecular flexibility index (Phi) is 4.62. The van der Waals surface area contributed by atoms with Crippen LogP contribution in [0.2, 0.25) is 0 Å². The monoisotopic (exact) mass is 279 g/mol. The summed E-state index contributed by atoms with van der Waals surface area (Å²) in [5.41, 5.74) is -0.557. The molecule has 0 bridgehead atoms. The summed E-state index contributed by atoms with van der Waals surface area (Å²) in [7, 11) is 0. The van der Waals surface area contributed by atoms with Gasteiger partial charge in [0.2, 0.25) is 0 Å². The van der Waals surface area contributed by atoms with E-state index in [1.54, 1.807) is 20.8 Å². The Labute approximate surface area is 116 Å².